The number of rotatable bonds is 4. The fourth-order valence-corrected chi connectivity index (χ4v) is 3.56. The number of aromatic nitrogens is 1. The molecule has 28 heavy (non-hydrogen) atoms. The molecule has 1 saturated heterocycles. The summed E-state index contributed by atoms with van der Waals surface area (Å²) in [5.41, 5.74) is 2.44. The number of piperazine rings is 1. The van der Waals surface area contributed by atoms with Crippen molar-refractivity contribution < 1.29 is 18.4 Å². The molecule has 0 unspecified atom stereocenters. The number of ether oxygens (including phenoxy) is 2. The minimum Gasteiger partial charge on any atom is -0.467 e. The number of aliphatic imine (C=N–C) groups is 1. The van der Waals surface area contributed by atoms with E-state index in [1.807, 2.05) is 6.07 Å². The van der Waals surface area contributed by atoms with Gasteiger partial charge < -0.3 is 24.2 Å². The second-order valence-electron chi connectivity index (χ2n) is 6.82. The van der Waals surface area contributed by atoms with Crippen LogP contribution in [0.2, 0.25) is 0 Å². The van der Waals surface area contributed by atoms with Crippen LogP contribution in [0.25, 0.3) is 0 Å². The predicted molar refractivity (Wildman–Crippen MR) is 100 cm³/mol. The summed E-state index contributed by atoms with van der Waals surface area (Å²) in [4.78, 5) is 8.92. The van der Waals surface area contributed by atoms with Crippen molar-refractivity contribution in [2.24, 2.45) is 4.99 Å². The van der Waals surface area contributed by atoms with Crippen molar-refractivity contribution in [1.29, 1.82) is 0 Å². The van der Waals surface area contributed by atoms with Crippen molar-refractivity contribution >= 4 is 5.96 Å². The molecule has 0 spiro atoms. The van der Waals surface area contributed by atoms with Gasteiger partial charge in [0.15, 0.2) is 12.8 Å². The quantitative estimate of drug-likeness (QED) is 0.628. The van der Waals surface area contributed by atoms with Crippen LogP contribution < -0.4 is 10.1 Å². The molecule has 1 fully saturated rings. The molecule has 0 amide bonds. The molecule has 2 aliphatic rings. The lowest BCUT2D eigenvalue weighted by atomic mass is 10.1. The molecule has 2 aliphatic heterocycles. The van der Waals surface area contributed by atoms with Gasteiger partial charge in [0, 0.05) is 63.5 Å². The van der Waals surface area contributed by atoms with Gasteiger partial charge in [-0.1, -0.05) is 5.16 Å². The van der Waals surface area contributed by atoms with Gasteiger partial charge in [0.25, 0.3) is 0 Å². The Labute approximate surface area is 162 Å². The van der Waals surface area contributed by atoms with Crippen molar-refractivity contribution in [3.8, 4) is 5.75 Å². The first-order valence-corrected chi connectivity index (χ1v) is 9.32. The monoisotopic (exact) mass is 389 g/mol. The Balaban J connectivity index is 1.34. The van der Waals surface area contributed by atoms with Crippen LogP contribution in [0, 0.1) is 5.82 Å². The first kappa shape index (κ1) is 18.7. The molecule has 1 aromatic heterocycles. The zero-order valence-electron chi connectivity index (χ0n) is 15.9. The number of nitrogens with one attached hydrogen (secondary N) is 1. The summed E-state index contributed by atoms with van der Waals surface area (Å²) in [7, 11) is 1.76. The van der Waals surface area contributed by atoms with Crippen molar-refractivity contribution in [3.63, 3.8) is 0 Å². The zero-order valence-corrected chi connectivity index (χ0v) is 15.9. The minimum absolute atomic E-state index is 0.188. The average Bonchev–Trinajstić information content (AvgIpc) is 3.22. The predicted octanol–water partition coefficient (Wildman–Crippen LogP) is 1.57. The zero-order chi connectivity index (χ0) is 19.3. The van der Waals surface area contributed by atoms with E-state index in [1.165, 1.54) is 12.1 Å². The molecule has 150 valence electrons. The van der Waals surface area contributed by atoms with Crippen LogP contribution in [0.4, 0.5) is 4.39 Å². The van der Waals surface area contributed by atoms with Crippen molar-refractivity contribution in [1.82, 2.24) is 20.3 Å². The van der Waals surface area contributed by atoms with Crippen LogP contribution in [-0.2, 0) is 24.4 Å². The second-order valence-corrected chi connectivity index (χ2v) is 6.82. The van der Waals surface area contributed by atoms with E-state index in [2.05, 4.69) is 25.3 Å². The van der Waals surface area contributed by atoms with Crippen LogP contribution in [-0.4, -0.2) is 60.9 Å². The molecule has 0 bridgehead atoms. The van der Waals surface area contributed by atoms with Gasteiger partial charge in [0.1, 0.15) is 17.8 Å². The summed E-state index contributed by atoms with van der Waals surface area (Å²) in [6.45, 7) is 5.28. The first-order valence-electron chi connectivity index (χ1n) is 9.32. The van der Waals surface area contributed by atoms with E-state index < -0.39 is 0 Å². The van der Waals surface area contributed by atoms with Gasteiger partial charge in [0.05, 0.1) is 12.3 Å². The fraction of sp³-hybridized carbons (Fsp3) is 0.474. The molecule has 1 aromatic carbocycles. The summed E-state index contributed by atoms with van der Waals surface area (Å²) in [5, 5.41) is 7.30. The third-order valence-electron chi connectivity index (χ3n) is 4.95. The largest absolute Gasteiger partial charge is 0.467 e. The highest BCUT2D eigenvalue weighted by molar-refractivity contribution is 5.80. The second kappa shape index (κ2) is 8.57. The Bertz CT molecular complexity index is 819. The summed E-state index contributed by atoms with van der Waals surface area (Å²) in [6, 6.07) is 4.85. The van der Waals surface area contributed by atoms with E-state index in [9.17, 15) is 4.39 Å². The maximum atomic E-state index is 13.9. The Morgan fingerprint density at radius 1 is 1.29 bits per heavy atom. The number of hydrogen-bond donors (Lipinski definition) is 1. The molecule has 9 heteroatoms. The molecular weight excluding hydrogens is 365 g/mol. The Morgan fingerprint density at radius 2 is 2.14 bits per heavy atom. The normalized spacial score (nSPS) is 17.9. The molecule has 3 heterocycles. The number of benzene rings is 1. The van der Waals surface area contributed by atoms with Gasteiger partial charge in [-0.25, -0.2) is 4.39 Å². The van der Waals surface area contributed by atoms with Crippen LogP contribution >= 0.6 is 0 Å². The Hall–Kier alpha value is -2.65. The number of guanidine groups is 1. The summed E-state index contributed by atoms with van der Waals surface area (Å²) < 4.78 is 29.6. The number of fused-ring (bicyclic) bond motifs is 1. The average molecular weight is 389 g/mol. The molecule has 0 radical (unpaired) electrons. The van der Waals surface area contributed by atoms with Crippen LogP contribution in [0.5, 0.6) is 5.75 Å². The van der Waals surface area contributed by atoms with Crippen molar-refractivity contribution in [2.75, 3.05) is 40.0 Å². The SMILES string of the molecule is CN=C(NCc1cc(F)cc2c1OCOC2)N1CCN(Cc2ccon2)CC1. The molecule has 0 saturated carbocycles. The summed E-state index contributed by atoms with van der Waals surface area (Å²) in [5.74, 6) is 1.21. The van der Waals surface area contributed by atoms with E-state index in [0.29, 0.717) is 18.9 Å². The van der Waals surface area contributed by atoms with Crippen molar-refractivity contribution in [3.05, 3.63) is 47.1 Å². The maximum Gasteiger partial charge on any atom is 0.194 e. The summed E-state index contributed by atoms with van der Waals surface area (Å²) >= 11 is 0. The highest BCUT2D eigenvalue weighted by Crippen LogP contribution is 2.29. The molecular formula is C19H24FN5O3. The molecule has 2 aromatic rings. The van der Waals surface area contributed by atoms with Gasteiger partial charge in [-0.2, -0.15) is 0 Å². The highest BCUT2D eigenvalue weighted by atomic mass is 19.1. The van der Waals surface area contributed by atoms with E-state index in [1.54, 1.807) is 13.3 Å². The molecule has 4 rings (SSSR count). The van der Waals surface area contributed by atoms with Gasteiger partial charge in [0.2, 0.25) is 0 Å². The van der Waals surface area contributed by atoms with E-state index in [-0.39, 0.29) is 12.6 Å². The van der Waals surface area contributed by atoms with Crippen LogP contribution in [0.15, 0.2) is 34.0 Å². The van der Waals surface area contributed by atoms with Crippen LogP contribution in [0.1, 0.15) is 16.8 Å². The van der Waals surface area contributed by atoms with Gasteiger partial charge in [-0.15, -0.1) is 0 Å². The number of halogens is 1. The van der Waals surface area contributed by atoms with Crippen molar-refractivity contribution in [2.45, 2.75) is 19.7 Å². The lowest BCUT2D eigenvalue weighted by Crippen LogP contribution is -2.52. The number of nitrogens with zero attached hydrogens (tertiary/aromatic N) is 4. The van der Waals surface area contributed by atoms with E-state index >= 15 is 0 Å². The molecule has 1 N–H and O–H groups in total. The maximum absolute atomic E-state index is 13.9. The third-order valence-corrected chi connectivity index (χ3v) is 4.95. The fourth-order valence-electron chi connectivity index (χ4n) is 3.56. The minimum atomic E-state index is -0.291. The van der Waals surface area contributed by atoms with Gasteiger partial charge >= 0.3 is 0 Å². The van der Waals surface area contributed by atoms with Gasteiger partial charge in [-0.3, -0.25) is 9.89 Å². The van der Waals surface area contributed by atoms with Crippen LogP contribution in [0.3, 0.4) is 0 Å². The number of hydrogen-bond acceptors (Lipinski definition) is 6. The lowest BCUT2D eigenvalue weighted by molar-refractivity contribution is -0.0173. The smallest absolute Gasteiger partial charge is 0.194 e. The lowest BCUT2D eigenvalue weighted by Gasteiger charge is -2.36. The third kappa shape index (κ3) is 4.26. The first-order chi connectivity index (χ1) is 13.7. The summed E-state index contributed by atoms with van der Waals surface area (Å²) in [6.07, 6.45) is 1.60. The topological polar surface area (TPSA) is 75.4 Å². The molecule has 8 nitrogen and oxygen atoms in total. The van der Waals surface area contributed by atoms with Gasteiger partial charge in [-0.05, 0) is 12.1 Å². The Morgan fingerprint density at radius 3 is 2.89 bits per heavy atom. The Kier molecular flexibility index (Phi) is 5.73. The van der Waals surface area contributed by atoms with E-state index in [0.717, 1.165) is 55.5 Å². The standard InChI is InChI=1S/C19H24FN5O3/c1-21-19(25-5-3-24(4-6-25)11-17-2-7-28-23-17)22-10-14-8-16(20)9-15-12-26-13-27-18(14)15/h2,7-9H,3-6,10-13H2,1H3,(H,21,22). The van der Waals surface area contributed by atoms with E-state index in [4.69, 9.17) is 14.0 Å². The molecule has 0 atom stereocenters. The highest BCUT2D eigenvalue weighted by Gasteiger charge is 2.21. The molecule has 0 aliphatic carbocycles.